The van der Waals surface area contributed by atoms with Gasteiger partial charge in [0.15, 0.2) is 0 Å². The molecule has 6 nitrogen and oxygen atoms in total. The number of benzene rings is 2. The third-order valence-corrected chi connectivity index (χ3v) is 6.01. The second kappa shape index (κ2) is 8.25. The van der Waals surface area contributed by atoms with E-state index in [9.17, 15) is 0 Å². The van der Waals surface area contributed by atoms with Gasteiger partial charge in [-0.15, -0.1) is 0 Å². The zero-order valence-corrected chi connectivity index (χ0v) is 16.6. The normalized spacial score (nSPS) is 16.4. The van der Waals surface area contributed by atoms with Crippen LogP contribution in [0.4, 0.5) is 17.1 Å². The summed E-state index contributed by atoms with van der Waals surface area (Å²) in [6.07, 6.45) is 7.65. The van der Waals surface area contributed by atoms with Gasteiger partial charge in [0.25, 0.3) is 0 Å². The van der Waals surface area contributed by atoms with E-state index in [-0.39, 0.29) is 0 Å². The summed E-state index contributed by atoms with van der Waals surface area (Å²) in [6.45, 7) is 3.31. The highest BCUT2D eigenvalue weighted by Gasteiger charge is 2.22. The van der Waals surface area contributed by atoms with Gasteiger partial charge in [-0.25, -0.2) is 4.98 Å². The van der Waals surface area contributed by atoms with Gasteiger partial charge in [0.05, 0.1) is 6.54 Å². The Morgan fingerprint density at radius 3 is 2.79 bits per heavy atom. The number of aryl methyl sites for hydroxylation is 2. The molecule has 3 aromatic rings. The van der Waals surface area contributed by atoms with Crippen molar-refractivity contribution in [1.82, 2.24) is 14.8 Å². The molecule has 2 aliphatic rings. The monoisotopic (exact) mass is 389 g/mol. The molecule has 2 N–H and O–H groups in total. The van der Waals surface area contributed by atoms with E-state index in [1.165, 1.54) is 33.8 Å². The fourth-order valence-corrected chi connectivity index (χ4v) is 4.41. The summed E-state index contributed by atoms with van der Waals surface area (Å²) in [4.78, 5) is 4.03. The summed E-state index contributed by atoms with van der Waals surface area (Å²) < 4.78 is 7.47. The summed E-state index contributed by atoms with van der Waals surface area (Å²) in [5.41, 5.74) is 7.88. The lowest BCUT2D eigenvalue weighted by Gasteiger charge is -2.26. The number of nitrogens with zero attached hydrogens (tertiary/aromatic N) is 3. The van der Waals surface area contributed by atoms with E-state index in [4.69, 9.17) is 4.74 Å². The predicted molar refractivity (Wildman–Crippen MR) is 115 cm³/mol. The Morgan fingerprint density at radius 2 is 1.93 bits per heavy atom. The minimum Gasteiger partial charge on any atom is -0.383 e. The number of ether oxygens (including phenoxy) is 1. The van der Waals surface area contributed by atoms with Crippen LogP contribution in [0.25, 0.3) is 0 Å². The van der Waals surface area contributed by atoms with Crippen molar-refractivity contribution in [3.05, 3.63) is 65.7 Å². The summed E-state index contributed by atoms with van der Waals surface area (Å²) in [5.74, 6) is 0.550. The van der Waals surface area contributed by atoms with Crippen LogP contribution in [0.5, 0.6) is 0 Å². The first-order valence-electron chi connectivity index (χ1n) is 10.5. The van der Waals surface area contributed by atoms with Crippen LogP contribution >= 0.6 is 0 Å². The van der Waals surface area contributed by atoms with E-state index in [1.807, 2.05) is 4.68 Å². The van der Waals surface area contributed by atoms with Crippen molar-refractivity contribution < 1.29 is 4.74 Å². The molecule has 3 heterocycles. The van der Waals surface area contributed by atoms with Gasteiger partial charge in [-0.2, -0.15) is 5.10 Å². The van der Waals surface area contributed by atoms with Gasteiger partial charge in [-0.05, 0) is 60.4 Å². The average Bonchev–Trinajstić information content (AvgIpc) is 3.21. The maximum Gasteiger partial charge on any atom is 0.137 e. The van der Waals surface area contributed by atoms with Crippen molar-refractivity contribution in [2.75, 3.05) is 30.4 Å². The lowest BCUT2D eigenvalue weighted by molar-refractivity contribution is 0.0854. The molecule has 1 saturated heterocycles. The second-order valence-corrected chi connectivity index (χ2v) is 7.85. The number of para-hydroxylation sites is 1. The molecule has 0 spiro atoms. The average molecular weight is 390 g/mol. The zero-order chi connectivity index (χ0) is 19.5. The van der Waals surface area contributed by atoms with Gasteiger partial charge in [-0.3, -0.25) is 4.68 Å². The lowest BCUT2D eigenvalue weighted by Crippen LogP contribution is -2.18. The van der Waals surface area contributed by atoms with Crippen LogP contribution in [0, 0.1) is 0 Å². The van der Waals surface area contributed by atoms with E-state index >= 15 is 0 Å². The fraction of sp³-hybridized carbons (Fsp3) is 0.391. The first kappa shape index (κ1) is 18.2. The Kier molecular flexibility index (Phi) is 5.17. The Hall–Kier alpha value is -2.86. The molecule has 0 saturated carbocycles. The molecule has 0 radical (unpaired) electrons. The lowest BCUT2D eigenvalue weighted by atomic mass is 9.88. The standard InChI is InChI=1S/C23H27N5O/c1-2-4-21-18(3-1)5-6-19-13-20(17-7-11-29-12-8-17)23(14-22(19)27-21)25-9-10-28-16-24-15-26-28/h1-4,13-17,25,27H,5-12H2. The zero-order valence-electron chi connectivity index (χ0n) is 16.6. The summed E-state index contributed by atoms with van der Waals surface area (Å²) >= 11 is 0. The first-order chi connectivity index (χ1) is 14.4. The number of hydrogen-bond donors (Lipinski definition) is 2. The van der Waals surface area contributed by atoms with Gasteiger partial charge in [0.2, 0.25) is 0 Å². The Morgan fingerprint density at radius 1 is 1.07 bits per heavy atom. The fourth-order valence-electron chi connectivity index (χ4n) is 4.41. The van der Waals surface area contributed by atoms with Crippen molar-refractivity contribution >= 4 is 17.1 Å². The van der Waals surface area contributed by atoms with Crippen molar-refractivity contribution in [3.63, 3.8) is 0 Å². The van der Waals surface area contributed by atoms with Crippen LogP contribution in [-0.2, 0) is 24.1 Å². The molecule has 2 aliphatic heterocycles. The predicted octanol–water partition coefficient (Wildman–Crippen LogP) is 4.13. The number of fused-ring (bicyclic) bond motifs is 2. The highest BCUT2D eigenvalue weighted by Crippen LogP contribution is 2.39. The SMILES string of the molecule is c1ccc2c(c1)CCc1cc(C3CCOCC3)c(NCCn3cncn3)cc1N2. The second-order valence-electron chi connectivity index (χ2n) is 7.85. The number of aromatic nitrogens is 3. The maximum atomic E-state index is 5.61. The number of anilines is 3. The largest absolute Gasteiger partial charge is 0.383 e. The molecule has 6 heteroatoms. The molecule has 0 aliphatic carbocycles. The molecule has 5 rings (SSSR count). The van der Waals surface area contributed by atoms with E-state index in [0.717, 1.165) is 52.0 Å². The van der Waals surface area contributed by atoms with Crippen molar-refractivity contribution in [2.45, 2.75) is 38.1 Å². The Balaban J connectivity index is 1.44. The molecule has 0 unspecified atom stereocenters. The topological polar surface area (TPSA) is 64.0 Å². The number of rotatable bonds is 5. The van der Waals surface area contributed by atoms with Crippen LogP contribution in [0.1, 0.15) is 35.4 Å². The highest BCUT2D eigenvalue weighted by molar-refractivity contribution is 5.74. The molecule has 0 amide bonds. The van der Waals surface area contributed by atoms with Crippen LogP contribution < -0.4 is 10.6 Å². The van der Waals surface area contributed by atoms with Crippen molar-refractivity contribution in [1.29, 1.82) is 0 Å². The third kappa shape index (κ3) is 3.98. The molecule has 2 aromatic carbocycles. The molecular weight excluding hydrogens is 362 g/mol. The van der Waals surface area contributed by atoms with Crippen molar-refractivity contribution in [2.24, 2.45) is 0 Å². The molecule has 1 aromatic heterocycles. The number of nitrogens with one attached hydrogen (secondary N) is 2. The molecule has 1 fully saturated rings. The third-order valence-electron chi connectivity index (χ3n) is 6.01. The van der Waals surface area contributed by atoms with E-state index < -0.39 is 0 Å². The van der Waals surface area contributed by atoms with Gasteiger partial charge in [0, 0.05) is 36.8 Å². The molecule has 0 bridgehead atoms. The van der Waals surface area contributed by atoms with Gasteiger partial charge in [0.1, 0.15) is 12.7 Å². The summed E-state index contributed by atoms with van der Waals surface area (Å²) in [5, 5.41) is 11.6. The van der Waals surface area contributed by atoms with Crippen LogP contribution in [0.15, 0.2) is 49.1 Å². The molecular formula is C23H27N5O. The molecule has 29 heavy (non-hydrogen) atoms. The van der Waals surface area contributed by atoms with Gasteiger partial charge in [-0.1, -0.05) is 24.3 Å². The quantitative estimate of drug-likeness (QED) is 0.687. The first-order valence-corrected chi connectivity index (χ1v) is 10.5. The van der Waals surface area contributed by atoms with E-state index in [0.29, 0.717) is 5.92 Å². The maximum absolute atomic E-state index is 5.61. The van der Waals surface area contributed by atoms with Gasteiger partial charge >= 0.3 is 0 Å². The molecule has 150 valence electrons. The minimum atomic E-state index is 0.550. The highest BCUT2D eigenvalue weighted by atomic mass is 16.5. The summed E-state index contributed by atoms with van der Waals surface area (Å²) in [7, 11) is 0. The van der Waals surface area contributed by atoms with E-state index in [2.05, 4.69) is 57.1 Å². The molecule has 0 atom stereocenters. The van der Waals surface area contributed by atoms with Crippen molar-refractivity contribution in [3.8, 4) is 0 Å². The number of hydrogen-bond acceptors (Lipinski definition) is 5. The van der Waals surface area contributed by atoms with Crippen LogP contribution in [0.3, 0.4) is 0 Å². The van der Waals surface area contributed by atoms with Crippen LogP contribution in [0.2, 0.25) is 0 Å². The Labute approximate surface area is 171 Å². The smallest absolute Gasteiger partial charge is 0.137 e. The minimum absolute atomic E-state index is 0.550. The van der Waals surface area contributed by atoms with Crippen LogP contribution in [-0.4, -0.2) is 34.5 Å². The van der Waals surface area contributed by atoms with Gasteiger partial charge < -0.3 is 15.4 Å². The van der Waals surface area contributed by atoms with E-state index in [1.54, 1.807) is 12.7 Å². The summed E-state index contributed by atoms with van der Waals surface area (Å²) in [6, 6.07) is 13.4. The Bertz CT molecular complexity index is 963.